The second-order valence-corrected chi connectivity index (χ2v) is 16.5. The van der Waals surface area contributed by atoms with E-state index in [4.69, 9.17) is 9.97 Å². The Kier molecular flexibility index (Phi) is 14.1. The smallest absolute Gasteiger partial charge is 0.155 e. The predicted molar refractivity (Wildman–Crippen MR) is 247 cm³/mol. The fourth-order valence-corrected chi connectivity index (χ4v) is 8.40. The number of fused-ring (bicyclic) bond motifs is 2. The van der Waals surface area contributed by atoms with E-state index in [1.807, 2.05) is 0 Å². The Bertz CT molecular complexity index is 2550. The molecular weight excluding hydrogens is 721 g/mol. The molecule has 0 radical (unpaired) electrons. The lowest BCUT2D eigenvalue weighted by Crippen LogP contribution is -1.97. The molecule has 0 fully saturated rings. The highest BCUT2D eigenvalue weighted by Gasteiger charge is 2.11. The maximum Gasteiger partial charge on any atom is 0.155 e. The summed E-state index contributed by atoms with van der Waals surface area (Å²) in [7, 11) is 0. The van der Waals surface area contributed by atoms with Crippen molar-refractivity contribution >= 4 is 27.6 Å². The van der Waals surface area contributed by atoms with Crippen LogP contribution in [0.15, 0.2) is 139 Å². The molecule has 4 heteroatoms. The highest BCUT2D eigenvalue weighted by Crippen LogP contribution is 2.29. The van der Waals surface area contributed by atoms with Crippen LogP contribution in [-0.4, -0.2) is 20.9 Å². The van der Waals surface area contributed by atoms with Gasteiger partial charge in [0.2, 0.25) is 0 Å². The Hall–Kier alpha value is -5.87. The first kappa shape index (κ1) is 41.3. The summed E-state index contributed by atoms with van der Waals surface area (Å²) in [4.78, 5) is 21.2. The molecule has 2 aromatic heterocycles. The summed E-state index contributed by atoms with van der Waals surface area (Å²) in [5.41, 5.74) is 15.9. The number of benzene rings is 5. The number of para-hydroxylation sites is 2. The van der Waals surface area contributed by atoms with Gasteiger partial charge in [0.1, 0.15) is 0 Å². The normalized spacial score (nSPS) is 11.7. The van der Waals surface area contributed by atoms with E-state index in [-0.39, 0.29) is 11.5 Å². The van der Waals surface area contributed by atoms with Crippen LogP contribution in [0.25, 0.3) is 44.3 Å². The third-order valence-corrected chi connectivity index (χ3v) is 11.4. The Morgan fingerprint density at radius 1 is 0.525 bits per heavy atom. The van der Waals surface area contributed by atoms with Gasteiger partial charge in [-0.2, -0.15) is 0 Å². The van der Waals surface area contributed by atoms with Crippen LogP contribution in [0.1, 0.15) is 97.2 Å². The van der Waals surface area contributed by atoms with Gasteiger partial charge in [0.05, 0.1) is 28.2 Å². The molecule has 0 aliphatic rings. The number of unbranched alkanes of at least 4 members (excludes halogenated alkanes) is 6. The van der Waals surface area contributed by atoms with Crippen molar-refractivity contribution in [1.29, 1.82) is 0 Å². The number of rotatable bonds is 19. The summed E-state index contributed by atoms with van der Waals surface area (Å²) in [5.74, 6) is 0.117. The number of hydrogen-bond donors (Lipinski definition) is 1. The topological polar surface area (TPSA) is 63.1 Å². The Labute approximate surface area is 351 Å². The van der Waals surface area contributed by atoms with E-state index in [2.05, 4.69) is 141 Å². The van der Waals surface area contributed by atoms with Crippen LogP contribution in [0.5, 0.6) is 0 Å². The molecule has 1 N–H and O–H groups in total. The van der Waals surface area contributed by atoms with Gasteiger partial charge in [0.15, 0.2) is 5.78 Å². The minimum Gasteiger partial charge on any atom is -0.512 e. The lowest BCUT2D eigenvalue weighted by atomic mass is 9.95. The molecule has 7 aromatic rings. The van der Waals surface area contributed by atoms with Gasteiger partial charge in [-0.05, 0) is 142 Å². The van der Waals surface area contributed by atoms with Gasteiger partial charge in [-0.25, -0.2) is 9.97 Å². The summed E-state index contributed by atoms with van der Waals surface area (Å²) in [6.07, 6.45) is 14.9. The van der Waals surface area contributed by atoms with Crippen molar-refractivity contribution < 1.29 is 9.90 Å². The number of nitrogens with zero attached hydrogens (tertiary/aromatic N) is 2. The van der Waals surface area contributed by atoms with Gasteiger partial charge in [0.25, 0.3) is 0 Å². The van der Waals surface area contributed by atoms with E-state index < -0.39 is 0 Å². The summed E-state index contributed by atoms with van der Waals surface area (Å²) in [6, 6.07) is 46.6. The van der Waals surface area contributed by atoms with Crippen LogP contribution < -0.4 is 0 Å². The van der Waals surface area contributed by atoms with Crippen LogP contribution >= 0.6 is 0 Å². The molecule has 0 aliphatic carbocycles. The molecule has 0 unspecified atom stereocenters. The summed E-state index contributed by atoms with van der Waals surface area (Å²) >= 11 is 0. The third kappa shape index (κ3) is 11.9. The van der Waals surface area contributed by atoms with Gasteiger partial charge < -0.3 is 5.11 Å². The molecule has 2 heterocycles. The van der Waals surface area contributed by atoms with Crippen molar-refractivity contribution in [3.63, 3.8) is 0 Å². The number of carbonyl (C=O) groups is 1. The number of ketones is 1. The number of aryl methyl sites for hydroxylation is 7. The average molecular weight is 779 g/mol. The first-order chi connectivity index (χ1) is 28.8. The number of hydrogen-bond acceptors (Lipinski definition) is 4. The van der Waals surface area contributed by atoms with Crippen LogP contribution in [0, 0.1) is 13.8 Å². The average Bonchev–Trinajstić information content (AvgIpc) is 3.23. The van der Waals surface area contributed by atoms with Crippen LogP contribution in [-0.2, 0) is 36.9 Å². The molecule has 0 saturated heterocycles. The molecule has 0 spiro atoms. The molecule has 300 valence electrons. The Balaban J connectivity index is 0.927. The molecule has 0 amide bonds. The van der Waals surface area contributed by atoms with E-state index >= 15 is 0 Å². The van der Waals surface area contributed by atoms with Crippen molar-refractivity contribution in [2.45, 2.75) is 104 Å². The van der Waals surface area contributed by atoms with Gasteiger partial charge >= 0.3 is 0 Å². The lowest BCUT2D eigenvalue weighted by Gasteiger charge is -2.12. The van der Waals surface area contributed by atoms with Crippen LogP contribution in [0.2, 0.25) is 0 Å². The second-order valence-electron chi connectivity index (χ2n) is 16.5. The van der Waals surface area contributed by atoms with Crippen LogP contribution in [0.4, 0.5) is 0 Å². The number of aliphatic hydroxyl groups excluding tert-OH is 1. The monoisotopic (exact) mass is 778 g/mol. The molecule has 0 aliphatic heterocycles. The quantitative estimate of drug-likeness (QED) is 0.0504. The molecular formula is C55H58N2O2. The number of pyridine rings is 2. The van der Waals surface area contributed by atoms with E-state index in [1.54, 1.807) is 0 Å². The standard InChI is InChI=1S/C55H58N2O2/c1-39-31-44(36-48(33-39)53-30-29-46-15-11-13-19-52(46)56-53)27-25-42-21-23-43(24-22-42)26-28-45-32-40(2)34-49(37-45)55-38-47(51-18-12-14-20-54(51)57-55)16-9-7-5-4-6-8-10-17-50(59)35-41(3)58/h11-15,18-24,29-38,59H,4-10,16-17,25-28H2,1-3H3. The molecule has 5 aromatic carbocycles. The molecule has 0 saturated carbocycles. The predicted octanol–water partition coefficient (Wildman–Crippen LogP) is 14.0. The second kappa shape index (κ2) is 20.2. The third-order valence-electron chi connectivity index (χ3n) is 11.4. The van der Waals surface area contributed by atoms with E-state index in [0.717, 1.165) is 73.8 Å². The summed E-state index contributed by atoms with van der Waals surface area (Å²) in [5, 5.41) is 12.2. The first-order valence-corrected chi connectivity index (χ1v) is 21.7. The van der Waals surface area contributed by atoms with Crippen molar-refractivity contribution in [1.82, 2.24) is 9.97 Å². The fraction of sp³-hybridized carbons (Fsp3) is 0.291. The minimum atomic E-state index is -0.0925. The molecule has 7 rings (SSSR count). The highest BCUT2D eigenvalue weighted by atomic mass is 16.3. The number of aromatic nitrogens is 2. The first-order valence-electron chi connectivity index (χ1n) is 21.7. The van der Waals surface area contributed by atoms with Gasteiger partial charge in [-0.3, -0.25) is 4.79 Å². The maximum atomic E-state index is 11.1. The number of carbonyl (C=O) groups excluding carboxylic acids is 1. The van der Waals surface area contributed by atoms with Crippen molar-refractivity contribution in [3.05, 3.63) is 178 Å². The van der Waals surface area contributed by atoms with Crippen molar-refractivity contribution in [2.75, 3.05) is 0 Å². The lowest BCUT2D eigenvalue weighted by molar-refractivity contribution is -0.112. The van der Waals surface area contributed by atoms with Gasteiger partial charge in [0, 0.05) is 34.4 Å². The zero-order valence-corrected chi connectivity index (χ0v) is 35.1. The Morgan fingerprint density at radius 3 is 1.73 bits per heavy atom. The molecule has 4 nitrogen and oxygen atoms in total. The fourth-order valence-electron chi connectivity index (χ4n) is 8.40. The zero-order valence-electron chi connectivity index (χ0n) is 35.1. The van der Waals surface area contributed by atoms with Gasteiger partial charge in [-0.15, -0.1) is 0 Å². The van der Waals surface area contributed by atoms with E-state index in [0.29, 0.717) is 6.42 Å². The largest absolute Gasteiger partial charge is 0.512 e. The summed E-state index contributed by atoms with van der Waals surface area (Å²) < 4.78 is 0. The van der Waals surface area contributed by atoms with Crippen LogP contribution in [0.3, 0.4) is 0 Å². The zero-order chi connectivity index (χ0) is 41.0. The van der Waals surface area contributed by atoms with E-state index in [9.17, 15) is 9.90 Å². The van der Waals surface area contributed by atoms with Crippen molar-refractivity contribution in [3.8, 4) is 22.5 Å². The highest BCUT2D eigenvalue weighted by molar-refractivity contribution is 5.87. The SMILES string of the molecule is CC(=O)C=C(O)CCCCCCCCCc1cc(-c2cc(C)cc(CCc3ccc(CCc4cc(C)cc(-c5ccc6ccccc6n5)c4)cc3)c2)nc2ccccc12. The Morgan fingerprint density at radius 2 is 1.07 bits per heavy atom. The summed E-state index contributed by atoms with van der Waals surface area (Å²) in [6.45, 7) is 5.85. The molecule has 0 atom stereocenters. The van der Waals surface area contributed by atoms with E-state index in [1.165, 1.54) is 99.5 Å². The maximum absolute atomic E-state index is 11.1. The van der Waals surface area contributed by atoms with Gasteiger partial charge in [-0.1, -0.05) is 122 Å². The minimum absolute atomic E-state index is 0.0925. The molecule has 0 bridgehead atoms. The number of allylic oxidation sites excluding steroid dienone is 2. The number of aliphatic hydroxyl groups is 1. The molecule has 59 heavy (non-hydrogen) atoms. The van der Waals surface area contributed by atoms with Crippen molar-refractivity contribution in [2.24, 2.45) is 0 Å².